The maximum Gasteiger partial charge on any atom is 0.163 e. The summed E-state index contributed by atoms with van der Waals surface area (Å²) in [4.78, 5) is 11.6. The summed E-state index contributed by atoms with van der Waals surface area (Å²) in [6.07, 6.45) is 5.44. The predicted octanol–water partition coefficient (Wildman–Crippen LogP) is 3.53. The number of rotatable bonds is 4. The zero-order valence-corrected chi connectivity index (χ0v) is 8.79. The van der Waals surface area contributed by atoms with Gasteiger partial charge in [-0.2, -0.15) is 0 Å². The van der Waals surface area contributed by atoms with Crippen molar-refractivity contribution in [2.24, 2.45) is 0 Å². The van der Waals surface area contributed by atoms with Gasteiger partial charge in [0.2, 0.25) is 0 Å². The monoisotopic (exact) mass is 188 g/mol. The summed E-state index contributed by atoms with van der Waals surface area (Å²) in [5, 5.41) is 0. The Morgan fingerprint density at radius 3 is 2.50 bits per heavy atom. The van der Waals surface area contributed by atoms with E-state index in [4.69, 9.17) is 0 Å². The number of allylic oxidation sites excluding steroid dienone is 2. The van der Waals surface area contributed by atoms with Crippen LogP contribution in [0.4, 0.5) is 0 Å². The highest BCUT2D eigenvalue weighted by Gasteiger charge is 2.02. The van der Waals surface area contributed by atoms with Crippen LogP contribution in [0.15, 0.2) is 36.4 Å². The fourth-order valence-corrected chi connectivity index (χ4v) is 1.26. The van der Waals surface area contributed by atoms with Gasteiger partial charge in [-0.05, 0) is 20.3 Å². The molecule has 0 saturated carbocycles. The Balaban J connectivity index is 2.56. The highest BCUT2D eigenvalue weighted by atomic mass is 16.1. The second-order valence-electron chi connectivity index (χ2n) is 3.40. The van der Waals surface area contributed by atoms with Gasteiger partial charge in [0.15, 0.2) is 5.78 Å². The van der Waals surface area contributed by atoms with Crippen molar-refractivity contribution < 1.29 is 4.79 Å². The molecule has 1 rings (SSSR count). The number of carbonyl (C=O) groups excluding carboxylic acids is 1. The molecule has 0 spiro atoms. The summed E-state index contributed by atoms with van der Waals surface area (Å²) in [7, 11) is 0. The molecule has 0 aliphatic rings. The molecule has 1 aromatic carbocycles. The van der Waals surface area contributed by atoms with Gasteiger partial charge in [-0.1, -0.05) is 42.0 Å². The van der Waals surface area contributed by atoms with E-state index in [0.717, 1.165) is 12.0 Å². The van der Waals surface area contributed by atoms with Gasteiger partial charge in [0.05, 0.1) is 0 Å². The van der Waals surface area contributed by atoms with Gasteiger partial charge in [-0.3, -0.25) is 4.79 Å². The fourth-order valence-electron chi connectivity index (χ4n) is 1.26. The molecule has 0 aromatic heterocycles. The molecule has 14 heavy (non-hydrogen) atoms. The van der Waals surface area contributed by atoms with Gasteiger partial charge >= 0.3 is 0 Å². The van der Waals surface area contributed by atoms with Crippen molar-refractivity contribution in [2.75, 3.05) is 0 Å². The maximum absolute atomic E-state index is 11.6. The van der Waals surface area contributed by atoms with Gasteiger partial charge in [0, 0.05) is 12.0 Å². The van der Waals surface area contributed by atoms with Crippen LogP contribution in [-0.4, -0.2) is 5.78 Å². The lowest BCUT2D eigenvalue weighted by atomic mass is 10.1. The Hall–Kier alpha value is -1.37. The molecule has 0 aliphatic carbocycles. The molecule has 0 unspecified atom stereocenters. The predicted molar refractivity (Wildman–Crippen MR) is 59.6 cm³/mol. The van der Waals surface area contributed by atoms with Gasteiger partial charge in [0.1, 0.15) is 0 Å². The van der Waals surface area contributed by atoms with Crippen molar-refractivity contribution in [3.8, 4) is 0 Å². The summed E-state index contributed by atoms with van der Waals surface area (Å²) in [6.45, 7) is 3.99. The molecule has 0 amide bonds. The number of aryl methyl sites for hydroxylation is 1. The Morgan fingerprint density at radius 2 is 1.93 bits per heavy atom. The average molecular weight is 188 g/mol. The van der Waals surface area contributed by atoms with Crippen molar-refractivity contribution in [1.82, 2.24) is 0 Å². The normalized spacial score (nSPS) is 10.7. The van der Waals surface area contributed by atoms with Crippen LogP contribution in [0.2, 0.25) is 0 Å². The molecule has 0 fully saturated rings. The minimum absolute atomic E-state index is 0.225. The van der Waals surface area contributed by atoms with Gasteiger partial charge in [-0.15, -0.1) is 0 Å². The number of benzene rings is 1. The van der Waals surface area contributed by atoms with Crippen molar-refractivity contribution in [3.05, 3.63) is 47.5 Å². The zero-order valence-electron chi connectivity index (χ0n) is 8.79. The molecular weight excluding hydrogens is 172 g/mol. The van der Waals surface area contributed by atoms with E-state index in [2.05, 4.69) is 0 Å². The maximum atomic E-state index is 11.6. The first kappa shape index (κ1) is 10.7. The summed E-state index contributed by atoms with van der Waals surface area (Å²) < 4.78 is 0. The number of hydrogen-bond acceptors (Lipinski definition) is 1. The van der Waals surface area contributed by atoms with Crippen molar-refractivity contribution >= 4 is 5.78 Å². The summed E-state index contributed by atoms with van der Waals surface area (Å²) in [6, 6.07) is 7.74. The summed E-state index contributed by atoms with van der Waals surface area (Å²) in [5.74, 6) is 0.225. The molecule has 0 atom stereocenters. The molecule has 0 radical (unpaired) electrons. The first-order valence-electron chi connectivity index (χ1n) is 4.95. The van der Waals surface area contributed by atoms with E-state index in [1.165, 1.54) is 5.56 Å². The van der Waals surface area contributed by atoms with E-state index in [1.54, 1.807) is 0 Å². The molecule has 74 valence electrons. The fraction of sp³-hybridized carbons (Fsp3) is 0.308. The van der Waals surface area contributed by atoms with Crippen LogP contribution in [0.3, 0.4) is 0 Å². The number of carbonyl (C=O) groups is 1. The van der Waals surface area contributed by atoms with Crippen LogP contribution in [-0.2, 0) is 0 Å². The standard InChI is InChI=1S/C13H16O/c1-3-4-5-6-13(14)12-9-7-11(2)8-10-12/h3-4,7-10H,5-6H2,1-2H3. The lowest BCUT2D eigenvalue weighted by Crippen LogP contribution is -1.97. The molecule has 1 heteroatoms. The first-order valence-corrected chi connectivity index (χ1v) is 4.95. The van der Waals surface area contributed by atoms with Gasteiger partial charge < -0.3 is 0 Å². The van der Waals surface area contributed by atoms with E-state index in [9.17, 15) is 4.79 Å². The van der Waals surface area contributed by atoms with E-state index in [-0.39, 0.29) is 5.78 Å². The highest BCUT2D eigenvalue weighted by Crippen LogP contribution is 2.07. The van der Waals surface area contributed by atoms with E-state index >= 15 is 0 Å². The summed E-state index contributed by atoms with van der Waals surface area (Å²) in [5.41, 5.74) is 2.01. The SMILES string of the molecule is CC=CCCC(=O)c1ccc(C)cc1. The molecular formula is C13H16O. The topological polar surface area (TPSA) is 17.1 Å². The third-order valence-electron chi connectivity index (χ3n) is 2.15. The minimum Gasteiger partial charge on any atom is -0.294 e. The molecule has 0 N–H and O–H groups in total. The molecule has 0 heterocycles. The second kappa shape index (κ2) is 5.38. The third-order valence-corrected chi connectivity index (χ3v) is 2.15. The Bertz CT molecular complexity index is 320. The van der Waals surface area contributed by atoms with E-state index in [0.29, 0.717) is 6.42 Å². The van der Waals surface area contributed by atoms with Crippen LogP contribution in [0.1, 0.15) is 35.7 Å². The highest BCUT2D eigenvalue weighted by molar-refractivity contribution is 5.96. The van der Waals surface area contributed by atoms with E-state index < -0.39 is 0 Å². The minimum atomic E-state index is 0.225. The van der Waals surface area contributed by atoms with Crippen LogP contribution in [0.25, 0.3) is 0 Å². The third kappa shape index (κ3) is 3.17. The largest absolute Gasteiger partial charge is 0.294 e. The smallest absolute Gasteiger partial charge is 0.163 e. The van der Waals surface area contributed by atoms with Crippen molar-refractivity contribution in [3.63, 3.8) is 0 Å². The van der Waals surface area contributed by atoms with E-state index in [1.807, 2.05) is 50.3 Å². The second-order valence-corrected chi connectivity index (χ2v) is 3.40. The van der Waals surface area contributed by atoms with Crippen molar-refractivity contribution in [2.45, 2.75) is 26.7 Å². The van der Waals surface area contributed by atoms with Crippen LogP contribution >= 0.6 is 0 Å². The molecule has 0 aliphatic heterocycles. The average Bonchev–Trinajstić information content (AvgIpc) is 2.19. The first-order chi connectivity index (χ1) is 6.74. The Morgan fingerprint density at radius 1 is 1.29 bits per heavy atom. The lowest BCUT2D eigenvalue weighted by Gasteiger charge is -1.99. The van der Waals surface area contributed by atoms with Crippen LogP contribution < -0.4 is 0 Å². The van der Waals surface area contributed by atoms with Gasteiger partial charge in [0.25, 0.3) is 0 Å². The molecule has 1 aromatic rings. The van der Waals surface area contributed by atoms with Crippen molar-refractivity contribution in [1.29, 1.82) is 0 Å². The molecule has 0 bridgehead atoms. The number of ketones is 1. The Labute approximate surface area is 85.5 Å². The molecule has 1 nitrogen and oxygen atoms in total. The summed E-state index contributed by atoms with van der Waals surface area (Å²) >= 11 is 0. The lowest BCUT2D eigenvalue weighted by molar-refractivity contribution is 0.0983. The Kier molecular flexibility index (Phi) is 4.11. The zero-order chi connectivity index (χ0) is 10.4. The van der Waals surface area contributed by atoms with Crippen LogP contribution in [0, 0.1) is 6.92 Å². The number of Topliss-reactive ketones (excluding diaryl/α,β-unsaturated/α-hetero) is 1. The quantitative estimate of drug-likeness (QED) is 0.521. The van der Waals surface area contributed by atoms with Gasteiger partial charge in [-0.25, -0.2) is 0 Å². The van der Waals surface area contributed by atoms with Crippen LogP contribution in [0.5, 0.6) is 0 Å². The number of hydrogen-bond donors (Lipinski definition) is 0. The molecule has 0 saturated heterocycles.